The number of carboxylic acids is 1. The Kier molecular flexibility index (Phi) is 4.63. The summed E-state index contributed by atoms with van der Waals surface area (Å²) in [5, 5.41) is 21.7. The van der Waals surface area contributed by atoms with Gasteiger partial charge in [0.2, 0.25) is 5.91 Å². The molecule has 114 valence electrons. The minimum Gasteiger partial charge on any atom is -0.481 e. The van der Waals surface area contributed by atoms with E-state index in [9.17, 15) is 19.8 Å². The molecule has 2 unspecified atom stereocenters. The summed E-state index contributed by atoms with van der Waals surface area (Å²) in [7, 11) is 0. The van der Waals surface area contributed by atoms with E-state index in [1.807, 2.05) is 6.92 Å². The molecule has 0 bridgehead atoms. The fourth-order valence-corrected chi connectivity index (χ4v) is 3.06. The molecule has 5 nitrogen and oxygen atoms in total. The van der Waals surface area contributed by atoms with Crippen molar-refractivity contribution in [2.45, 2.75) is 32.8 Å². The molecule has 3 N–H and O–H groups in total. The van der Waals surface area contributed by atoms with Gasteiger partial charge < -0.3 is 15.5 Å². The van der Waals surface area contributed by atoms with E-state index in [0.29, 0.717) is 24.1 Å². The van der Waals surface area contributed by atoms with Crippen LogP contribution in [0.2, 0.25) is 0 Å². The summed E-state index contributed by atoms with van der Waals surface area (Å²) in [6, 6.07) is 7.02. The van der Waals surface area contributed by atoms with Crippen LogP contribution in [0.1, 0.15) is 38.4 Å². The van der Waals surface area contributed by atoms with Crippen LogP contribution in [-0.2, 0) is 9.59 Å². The Morgan fingerprint density at radius 1 is 1.24 bits per heavy atom. The topological polar surface area (TPSA) is 86.6 Å². The lowest BCUT2D eigenvalue weighted by Gasteiger charge is -2.18. The number of amides is 1. The highest BCUT2D eigenvalue weighted by atomic mass is 16.4. The third-order valence-corrected chi connectivity index (χ3v) is 4.12. The highest BCUT2D eigenvalue weighted by molar-refractivity contribution is 5.96. The second-order valence-corrected chi connectivity index (χ2v) is 5.88. The lowest BCUT2D eigenvalue weighted by molar-refractivity contribution is -0.145. The molecule has 1 amide bonds. The number of carboxylic acid groups (broad SMARTS) is 1. The van der Waals surface area contributed by atoms with Gasteiger partial charge in [-0.1, -0.05) is 25.1 Å². The Labute approximate surface area is 124 Å². The van der Waals surface area contributed by atoms with Gasteiger partial charge in [0.25, 0.3) is 0 Å². The Hall–Kier alpha value is -1.88. The smallest absolute Gasteiger partial charge is 0.307 e. The quantitative estimate of drug-likeness (QED) is 0.795. The van der Waals surface area contributed by atoms with Crippen LogP contribution in [0, 0.1) is 17.8 Å². The minimum absolute atomic E-state index is 0.230. The van der Waals surface area contributed by atoms with Crippen LogP contribution in [0.5, 0.6) is 0 Å². The van der Waals surface area contributed by atoms with Gasteiger partial charge in [-0.3, -0.25) is 9.59 Å². The molecular formula is C16H21NO4. The Morgan fingerprint density at radius 2 is 1.86 bits per heavy atom. The van der Waals surface area contributed by atoms with E-state index in [2.05, 4.69) is 5.32 Å². The summed E-state index contributed by atoms with van der Waals surface area (Å²) in [5.41, 5.74) is 1.17. The van der Waals surface area contributed by atoms with Crippen LogP contribution < -0.4 is 5.32 Å². The monoisotopic (exact) mass is 291 g/mol. The molecule has 2 rings (SSSR count). The molecule has 4 atom stereocenters. The highest BCUT2D eigenvalue weighted by Gasteiger charge is 2.41. The van der Waals surface area contributed by atoms with Crippen LogP contribution in [0.25, 0.3) is 0 Å². The van der Waals surface area contributed by atoms with Crippen molar-refractivity contribution in [3.8, 4) is 0 Å². The number of nitrogens with one attached hydrogen (secondary N) is 1. The van der Waals surface area contributed by atoms with E-state index in [-0.39, 0.29) is 11.8 Å². The molecule has 0 spiro atoms. The molecule has 0 aromatic heterocycles. The third-order valence-electron chi connectivity index (χ3n) is 4.12. The first kappa shape index (κ1) is 15.5. The zero-order chi connectivity index (χ0) is 15.6. The molecule has 1 aromatic rings. The zero-order valence-electron chi connectivity index (χ0n) is 12.2. The van der Waals surface area contributed by atoms with Crippen LogP contribution >= 0.6 is 0 Å². The third kappa shape index (κ3) is 3.42. The van der Waals surface area contributed by atoms with Gasteiger partial charge in [0.05, 0.1) is 17.9 Å². The molecule has 1 fully saturated rings. The second kappa shape index (κ2) is 6.26. The standard InChI is InChI=1S/C16H21NO4/c1-9-7-12(13(8-9)16(20)21)15(19)17-14-6-4-3-5-11(14)10(2)18/h3-6,9-10,12-13,18H,7-8H2,1-2H3,(H,17,19)(H,20,21)/t9?,10?,12-,13+/m0/s1. The van der Waals surface area contributed by atoms with Crippen molar-refractivity contribution >= 4 is 17.6 Å². The van der Waals surface area contributed by atoms with Gasteiger partial charge in [-0.2, -0.15) is 0 Å². The zero-order valence-corrected chi connectivity index (χ0v) is 12.2. The molecule has 0 radical (unpaired) electrons. The normalized spacial score (nSPS) is 26.3. The number of carbonyl (C=O) groups excluding carboxylic acids is 1. The molecule has 0 heterocycles. The van der Waals surface area contributed by atoms with Gasteiger partial charge in [-0.05, 0) is 31.7 Å². The summed E-state index contributed by atoms with van der Waals surface area (Å²) in [6.45, 7) is 3.59. The number of hydrogen-bond acceptors (Lipinski definition) is 3. The summed E-state index contributed by atoms with van der Waals surface area (Å²) >= 11 is 0. The van der Waals surface area contributed by atoms with Crippen molar-refractivity contribution < 1.29 is 19.8 Å². The van der Waals surface area contributed by atoms with Crippen molar-refractivity contribution in [2.24, 2.45) is 17.8 Å². The van der Waals surface area contributed by atoms with E-state index >= 15 is 0 Å². The molecule has 0 aliphatic heterocycles. The molecule has 21 heavy (non-hydrogen) atoms. The molecule has 0 saturated heterocycles. The van der Waals surface area contributed by atoms with Crippen molar-refractivity contribution in [1.29, 1.82) is 0 Å². The van der Waals surface area contributed by atoms with Gasteiger partial charge >= 0.3 is 5.97 Å². The van der Waals surface area contributed by atoms with Gasteiger partial charge in [-0.25, -0.2) is 0 Å². The number of aliphatic hydroxyl groups excluding tert-OH is 1. The lowest BCUT2D eigenvalue weighted by atomic mass is 9.95. The van der Waals surface area contributed by atoms with Crippen molar-refractivity contribution in [1.82, 2.24) is 0 Å². The summed E-state index contributed by atoms with van der Waals surface area (Å²) < 4.78 is 0. The van der Waals surface area contributed by atoms with Crippen molar-refractivity contribution in [3.05, 3.63) is 29.8 Å². The highest BCUT2D eigenvalue weighted by Crippen LogP contribution is 2.37. The second-order valence-electron chi connectivity index (χ2n) is 5.88. The molecule has 5 heteroatoms. The fraction of sp³-hybridized carbons (Fsp3) is 0.500. The Morgan fingerprint density at radius 3 is 2.48 bits per heavy atom. The van der Waals surface area contributed by atoms with E-state index in [1.54, 1.807) is 31.2 Å². The van der Waals surface area contributed by atoms with Gasteiger partial charge in [0.15, 0.2) is 0 Å². The van der Waals surface area contributed by atoms with Gasteiger partial charge in [0, 0.05) is 11.3 Å². The van der Waals surface area contributed by atoms with E-state index in [1.165, 1.54) is 0 Å². The maximum Gasteiger partial charge on any atom is 0.307 e. The van der Waals surface area contributed by atoms with E-state index < -0.39 is 23.9 Å². The first-order valence-corrected chi connectivity index (χ1v) is 7.20. The Balaban J connectivity index is 2.16. The average Bonchev–Trinajstić information content (AvgIpc) is 2.81. The number of aliphatic hydroxyl groups is 1. The molecular weight excluding hydrogens is 270 g/mol. The molecule has 1 aromatic carbocycles. The summed E-state index contributed by atoms with van der Waals surface area (Å²) in [4.78, 5) is 23.7. The minimum atomic E-state index is -0.914. The number of aliphatic carboxylic acids is 1. The van der Waals surface area contributed by atoms with Gasteiger partial charge in [0.1, 0.15) is 0 Å². The first-order valence-electron chi connectivity index (χ1n) is 7.20. The predicted octanol–water partition coefficient (Wildman–Crippen LogP) is 2.43. The number of rotatable bonds is 4. The van der Waals surface area contributed by atoms with E-state index in [4.69, 9.17) is 0 Å². The summed E-state index contributed by atoms with van der Waals surface area (Å²) in [6.07, 6.45) is 0.421. The van der Waals surface area contributed by atoms with Gasteiger partial charge in [-0.15, -0.1) is 0 Å². The van der Waals surface area contributed by atoms with Crippen molar-refractivity contribution in [2.75, 3.05) is 5.32 Å². The largest absolute Gasteiger partial charge is 0.481 e. The number of benzene rings is 1. The van der Waals surface area contributed by atoms with E-state index in [0.717, 1.165) is 0 Å². The fourth-order valence-electron chi connectivity index (χ4n) is 3.06. The lowest BCUT2D eigenvalue weighted by Crippen LogP contribution is -2.30. The number of hydrogen-bond donors (Lipinski definition) is 3. The number of para-hydroxylation sites is 1. The summed E-state index contributed by atoms with van der Waals surface area (Å²) in [5.74, 6) is -2.10. The predicted molar refractivity (Wildman–Crippen MR) is 78.7 cm³/mol. The number of anilines is 1. The van der Waals surface area contributed by atoms with Crippen molar-refractivity contribution in [3.63, 3.8) is 0 Å². The maximum absolute atomic E-state index is 12.4. The van der Waals surface area contributed by atoms with Crippen LogP contribution in [0.3, 0.4) is 0 Å². The maximum atomic E-state index is 12.4. The molecule has 1 saturated carbocycles. The first-order chi connectivity index (χ1) is 9.90. The van der Waals surface area contributed by atoms with Crippen LogP contribution in [0.4, 0.5) is 5.69 Å². The molecule has 1 aliphatic carbocycles. The average molecular weight is 291 g/mol. The Bertz CT molecular complexity index is 541. The van der Waals surface area contributed by atoms with Crippen LogP contribution in [-0.4, -0.2) is 22.1 Å². The van der Waals surface area contributed by atoms with Crippen LogP contribution in [0.15, 0.2) is 24.3 Å². The molecule has 1 aliphatic rings. The number of carbonyl (C=O) groups is 2. The SMILES string of the molecule is CC1C[C@H](C(=O)Nc2ccccc2C(C)O)[C@H](C(=O)O)C1.